The number of para-hydroxylation sites is 1. The molecule has 76 valence electrons. The molecule has 0 aliphatic carbocycles. The molecule has 0 aromatic heterocycles. The minimum Gasteiger partial charge on any atom is -0.423 e. The fourth-order valence-electron chi connectivity index (χ4n) is 0.646. The molecule has 1 rings (SSSR count). The van der Waals surface area contributed by atoms with Crippen molar-refractivity contribution < 1.29 is 9.53 Å². The van der Waals surface area contributed by atoms with Crippen LogP contribution in [0.1, 0.15) is 20.3 Å². The van der Waals surface area contributed by atoms with Gasteiger partial charge in [-0.3, -0.25) is 0 Å². The summed E-state index contributed by atoms with van der Waals surface area (Å²) in [6.07, 6.45) is 2.38. The number of ether oxygens (including phenoxy) is 1. The van der Waals surface area contributed by atoms with E-state index in [0.717, 1.165) is 6.08 Å². The highest BCUT2D eigenvalue weighted by Gasteiger charge is 1.95. The zero-order valence-electron chi connectivity index (χ0n) is 8.69. The lowest BCUT2D eigenvalue weighted by Crippen LogP contribution is -2.02. The first-order chi connectivity index (χ1) is 6.74. The van der Waals surface area contributed by atoms with Crippen LogP contribution < -0.4 is 4.74 Å². The molecule has 0 aliphatic heterocycles. The molecule has 14 heavy (non-hydrogen) atoms. The Morgan fingerprint density at radius 2 is 1.86 bits per heavy atom. The van der Waals surface area contributed by atoms with Gasteiger partial charge < -0.3 is 4.74 Å². The minimum atomic E-state index is -0.434. The second-order valence-corrected chi connectivity index (χ2v) is 2.65. The second-order valence-electron chi connectivity index (χ2n) is 2.65. The zero-order valence-corrected chi connectivity index (χ0v) is 8.69. The van der Waals surface area contributed by atoms with E-state index in [1.54, 1.807) is 24.3 Å². The van der Waals surface area contributed by atoms with Gasteiger partial charge in [0.1, 0.15) is 5.75 Å². The van der Waals surface area contributed by atoms with Crippen LogP contribution in [0.5, 0.6) is 5.75 Å². The first-order valence-electron chi connectivity index (χ1n) is 4.63. The van der Waals surface area contributed by atoms with Crippen molar-refractivity contribution in [2.75, 3.05) is 0 Å². The van der Waals surface area contributed by atoms with Crippen molar-refractivity contribution in [3.05, 3.63) is 43.0 Å². The maximum atomic E-state index is 10.6. The standard InChI is InChI=1S/C9H8O2.C3H8/c1-2-9(10)11-8-6-4-3-5-7-8;1-3-2/h2-7H,1H2;3H2,1-2H3. The maximum absolute atomic E-state index is 10.6. The summed E-state index contributed by atoms with van der Waals surface area (Å²) >= 11 is 0. The molecule has 1 aromatic rings. The van der Waals surface area contributed by atoms with Gasteiger partial charge in [0, 0.05) is 6.08 Å². The number of benzene rings is 1. The molecule has 0 radical (unpaired) electrons. The smallest absolute Gasteiger partial charge is 0.335 e. The highest BCUT2D eigenvalue weighted by atomic mass is 16.5. The van der Waals surface area contributed by atoms with Crippen molar-refractivity contribution in [3.63, 3.8) is 0 Å². The summed E-state index contributed by atoms with van der Waals surface area (Å²) in [6, 6.07) is 8.87. The topological polar surface area (TPSA) is 26.3 Å². The number of carbonyl (C=O) groups is 1. The second kappa shape index (κ2) is 8.05. The van der Waals surface area contributed by atoms with E-state index in [1.165, 1.54) is 6.42 Å². The molecule has 2 heteroatoms. The molecule has 0 aliphatic rings. The molecular weight excluding hydrogens is 176 g/mol. The molecule has 1 aromatic carbocycles. The van der Waals surface area contributed by atoms with Crippen LogP contribution in [0.3, 0.4) is 0 Å². The van der Waals surface area contributed by atoms with E-state index in [2.05, 4.69) is 20.4 Å². The Balaban J connectivity index is 0.000000500. The van der Waals surface area contributed by atoms with Crippen LogP contribution in [0.15, 0.2) is 43.0 Å². The van der Waals surface area contributed by atoms with Crippen LogP contribution in [0.4, 0.5) is 0 Å². The Kier molecular flexibility index (Phi) is 7.15. The van der Waals surface area contributed by atoms with E-state index < -0.39 is 5.97 Å². The average Bonchev–Trinajstić information content (AvgIpc) is 2.20. The number of hydrogen-bond donors (Lipinski definition) is 0. The minimum absolute atomic E-state index is 0.434. The molecule has 0 heterocycles. The van der Waals surface area contributed by atoms with Crippen LogP contribution in [-0.4, -0.2) is 5.97 Å². The summed E-state index contributed by atoms with van der Waals surface area (Å²) in [5.74, 6) is 0.105. The Morgan fingerprint density at radius 3 is 2.29 bits per heavy atom. The quantitative estimate of drug-likeness (QED) is 0.408. The summed E-state index contributed by atoms with van der Waals surface area (Å²) < 4.78 is 4.81. The van der Waals surface area contributed by atoms with Gasteiger partial charge in [-0.15, -0.1) is 0 Å². The SMILES string of the molecule is C=CC(=O)Oc1ccccc1.CCC. The van der Waals surface area contributed by atoms with Crippen molar-refractivity contribution in [1.82, 2.24) is 0 Å². The van der Waals surface area contributed by atoms with Crippen molar-refractivity contribution in [2.24, 2.45) is 0 Å². The Bertz CT molecular complexity index is 265. The molecule has 0 saturated carbocycles. The number of esters is 1. The molecule has 0 spiro atoms. The van der Waals surface area contributed by atoms with E-state index in [9.17, 15) is 4.79 Å². The van der Waals surface area contributed by atoms with Crippen LogP contribution in [0.25, 0.3) is 0 Å². The lowest BCUT2D eigenvalue weighted by Gasteiger charge is -1.98. The fourth-order valence-corrected chi connectivity index (χ4v) is 0.646. The molecular formula is C12H16O2. The lowest BCUT2D eigenvalue weighted by molar-refractivity contribution is -0.128. The van der Waals surface area contributed by atoms with Gasteiger partial charge in [0.05, 0.1) is 0 Å². The summed E-state index contributed by atoms with van der Waals surface area (Å²) in [5.41, 5.74) is 0. The molecule has 0 N–H and O–H groups in total. The van der Waals surface area contributed by atoms with Crippen molar-refractivity contribution >= 4 is 5.97 Å². The molecule has 0 amide bonds. The van der Waals surface area contributed by atoms with Crippen molar-refractivity contribution in [1.29, 1.82) is 0 Å². The predicted octanol–water partition coefficient (Wildman–Crippen LogP) is 3.19. The first kappa shape index (κ1) is 12.4. The molecule has 0 fully saturated rings. The van der Waals surface area contributed by atoms with Gasteiger partial charge in [0.25, 0.3) is 0 Å². The highest BCUT2D eigenvalue weighted by Crippen LogP contribution is 2.07. The van der Waals surface area contributed by atoms with Gasteiger partial charge in [-0.25, -0.2) is 4.79 Å². The lowest BCUT2D eigenvalue weighted by atomic mass is 10.3. The molecule has 0 bridgehead atoms. The van der Waals surface area contributed by atoms with E-state index in [1.807, 2.05) is 6.07 Å². The van der Waals surface area contributed by atoms with E-state index in [0.29, 0.717) is 5.75 Å². The van der Waals surface area contributed by atoms with Gasteiger partial charge in [0.15, 0.2) is 0 Å². The van der Waals surface area contributed by atoms with Crippen LogP contribution in [0.2, 0.25) is 0 Å². The number of rotatable bonds is 2. The maximum Gasteiger partial charge on any atom is 0.335 e. The van der Waals surface area contributed by atoms with E-state index >= 15 is 0 Å². The predicted molar refractivity (Wildman–Crippen MR) is 58.2 cm³/mol. The van der Waals surface area contributed by atoms with E-state index in [-0.39, 0.29) is 0 Å². The van der Waals surface area contributed by atoms with Gasteiger partial charge in [0.2, 0.25) is 0 Å². The first-order valence-corrected chi connectivity index (χ1v) is 4.63. The summed E-state index contributed by atoms with van der Waals surface area (Å²) in [5, 5.41) is 0. The van der Waals surface area contributed by atoms with Gasteiger partial charge >= 0.3 is 5.97 Å². The molecule has 0 saturated heterocycles. The monoisotopic (exact) mass is 192 g/mol. The van der Waals surface area contributed by atoms with Crippen molar-refractivity contribution in [3.8, 4) is 5.75 Å². The van der Waals surface area contributed by atoms with Gasteiger partial charge in [-0.1, -0.05) is 45.0 Å². The fraction of sp³-hybridized carbons (Fsp3) is 0.250. The van der Waals surface area contributed by atoms with Gasteiger partial charge in [-0.2, -0.15) is 0 Å². The summed E-state index contributed by atoms with van der Waals surface area (Å²) in [6.45, 7) is 7.53. The van der Waals surface area contributed by atoms with Crippen molar-refractivity contribution in [2.45, 2.75) is 20.3 Å². The van der Waals surface area contributed by atoms with Gasteiger partial charge in [-0.05, 0) is 12.1 Å². The summed E-state index contributed by atoms with van der Waals surface area (Å²) in [7, 11) is 0. The normalized spacial score (nSPS) is 8.14. The van der Waals surface area contributed by atoms with Crippen LogP contribution in [0, 0.1) is 0 Å². The third kappa shape index (κ3) is 6.00. The number of carbonyl (C=O) groups excluding carboxylic acids is 1. The Labute approximate surface area is 85.2 Å². The van der Waals surface area contributed by atoms with Crippen LogP contribution in [-0.2, 0) is 4.79 Å². The summed E-state index contributed by atoms with van der Waals surface area (Å²) in [4.78, 5) is 10.6. The van der Waals surface area contributed by atoms with Crippen LogP contribution >= 0.6 is 0 Å². The Morgan fingerprint density at radius 1 is 1.36 bits per heavy atom. The van der Waals surface area contributed by atoms with E-state index in [4.69, 9.17) is 4.74 Å². The average molecular weight is 192 g/mol. The number of hydrogen-bond acceptors (Lipinski definition) is 2. The molecule has 0 unspecified atom stereocenters. The third-order valence-corrected chi connectivity index (χ3v) is 1.13. The molecule has 0 atom stereocenters. The highest BCUT2D eigenvalue weighted by molar-refractivity contribution is 5.83. The third-order valence-electron chi connectivity index (χ3n) is 1.13. The molecule has 2 nitrogen and oxygen atoms in total. The largest absolute Gasteiger partial charge is 0.423 e. The zero-order chi connectivity index (χ0) is 10.8. The Hall–Kier alpha value is -1.57.